The topological polar surface area (TPSA) is 104 Å². The Kier molecular flexibility index (Phi) is 5.19. The van der Waals surface area contributed by atoms with Crippen LogP contribution in [0, 0.1) is 0 Å². The van der Waals surface area contributed by atoms with Crippen LogP contribution in [0.25, 0.3) is 10.7 Å². The predicted octanol–water partition coefficient (Wildman–Crippen LogP) is 2.71. The van der Waals surface area contributed by atoms with E-state index in [-0.39, 0.29) is 4.90 Å². The van der Waals surface area contributed by atoms with Crippen molar-refractivity contribution in [3.05, 3.63) is 41.7 Å². The van der Waals surface area contributed by atoms with E-state index in [4.69, 9.17) is 0 Å². The summed E-state index contributed by atoms with van der Waals surface area (Å²) in [6.07, 6.45) is 4.32. The van der Waals surface area contributed by atoms with Gasteiger partial charge in [-0.05, 0) is 36.4 Å². The monoisotopic (exact) mass is 404 g/mol. The molecule has 0 aliphatic carbocycles. The Balaban J connectivity index is 1.39. The Morgan fingerprint density at radius 1 is 1.19 bits per heavy atom. The summed E-state index contributed by atoms with van der Waals surface area (Å²) >= 11 is 1.58. The Morgan fingerprint density at radius 2 is 2.04 bits per heavy atom. The van der Waals surface area contributed by atoms with Gasteiger partial charge in [0, 0.05) is 19.3 Å². The Hall–Kier alpha value is -2.30. The molecule has 10 heteroatoms. The molecule has 2 N–H and O–H groups in total. The van der Waals surface area contributed by atoms with Crippen molar-refractivity contribution < 1.29 is 8.42 Å². The van der Waals surface area contributed by atoms with Crippen LogP contribution in [0.15, 0.2) is 40.7 Å². The highest BCUT2D eigenvalue weighted by molar-refractivity contribution is 7.89. The third-order valence-corrected chi connectivity index (χ3v) is 7.15. The van der Waals surface area contributed by atoms with Crippen molar-refractivity contribution >= 4 is 27.2 Å². The van der Waals surface area contributed by atoms with Gasteiger partial charge in [-0.2, -0.15) is 9.40 Å². The van der Waals surface area contributed by atoms with Crippen molar-refractivity contribution in [3.63, 3.8) is 0 Å². The third kappa shape index (κ3) is 4.02. The first-order chi connectivity index (χ1) is 13.1. The Bertz CT molecular complexity index is 977. The van der Waals surface area contributed by atoms with Crippen molar-refractivity contribution in [2.45, 2.75) is 30.7 Å². The second-order valence-corrected chi connectivity index (χ2v) is 9.17. The number of thiophene rings is 1. The highest BCUT2D eigenvalue weighted by Crippen LogP contribution is 2.22. The molecule has 0 amide bonds. The molecule has 0 bridgehead atoms. The fourth-order valence-corrected chi connectivity index (χ4v) is 5.08. The van der Waals surface area contributed by atoms with E-state index in [1.807, 2.05) is 17.5 Å². The van der Waals surface area contributed by atoms with Gasteiger partial charge in [-0.3, -0.25) is 5.10 Å². The van der Waals surface area contributed by atoms with E-state index < -0.39 is 10.0 Å². The Morgan fingerprint density at radius 3 is 2.74 bits per heavy atom. The molecule has 0 aromatic carbocycles. The number of H-pyrrole nitrogens is 1. The lowest BCUT2D eigenvalue weighted by Gasteiger charge is -2.25. The average Bonchev–Trinajstić information content (AvgIpc) is 3.39. The van der Waals surface area contributed by atoms with Crippen LogP contribution in [0.3, 0.4) is 0 Å². The van der Waals surface area contributed by atoms with Gasteiger partial charge in [0.25, 0.3) is 0 Å². The lowest BCUT2D eigenvalue weighted by Crippen LogP contribution is -2.35. The zero-order chi connectivity index (χ0) is 18.7. The lowest BCUT2D eigenvalue weighted by atomic mass is 10.2. The molecule has 3 aromatic heterocycles. The zero-order valence-corrected chi connectivity index (χ0v) is 16.3. The fraction of sp³-hybridized carbons (Fsp3) is 0.353. The molecular weight excluding hydrogens is 384 g/mol. The van der Waals surface area contributed by atoms with Crippen LogP contribution < -0.4 is 5.32 Å². The normalized spacial score (nSPS) is 15.7. The number of nitrogens with one attached hydrogen (secondary N) is 2. The maximum absolute atomic E-state index is 12.6. The molecule has 1 fully saturated rings. The predicted molar refractivity (Wildman–Crippen MR) is 104 cm³/mol. The number of sulfonamides is 1. The van der Waals surface area contributed by atoms with Crippen LogP contribution in [-0.2, 0) is 16.6 Å². The average molecular weight is 405 g/mol. The third-order valence-electron chi connectivity index (χ3n) is 4.40. The first-order valence-electron chi connectivity index (χ1n) is 8.78. The van der Waals surface area contributed by atoms with Gasteiger partial charge in [-0.15, -0.1) is 11.3 Å². The number of piperidine rings is 1. The molecular formula is C17H20N6O2S2. The van der Waals surface area contributed by atoms with Gasteiger partial charge in [0.15, 0.2) is 5.82 Å². The minimum atomic E-state index is -3.45. The zero-order valence-electron chi connectivity index (χ0n) is 14.6. The van der Waals surface area contributed by atoms with Crippen molar-refractivity contribution in [1.29, 1.82) is 0 Å². The number of aromatic nitrogens is 4. The summed E-state index contributed by atoms with van der Waals surface area (Å²) in [5.41, 5.74) is 0. The van der Waals surface area contributed by atoms with Crippen molar-refractivity contribution in [2.24, 2.45) is 0 Å². The van der Waals surface area contributed by atoms with Gasteiger partial charge >= 0.3 is 0 Å². The molecule has 0 spiro atoms. The van der Waals surface area contributed by atoms with Crippen molar-refractivity contribution in [1.82, 2.24) is 24.5 Å². The van der Waals surface area contributed by atoms with Crippen molar-refractivity contribution in [3.8, 4) is 10.7 Å². The number of aromatic amines is 1. The first-order valence-corrected chi connectivity index (χ1v) is 11.1. The van der Waals surface area contributed by atoms with Gasteiger partial charge in [-0.25, -0.2) is 18.4 Å². The summed E-state index contributed by atoms with van der Waals surface area (Å²) in [4.78, 5) is 9.91. The first kappa shape index (κ1) is 18.1. The molecule has 0 unspecified atom stereocenters. The second kappa shape index (κ2) is 7.75. The number of hydrogen-bond acceptors (Lipinski definition) is 7. The van der Waals surface area contributed by atoms with Gasteiger partial charge in [0.2, 0.25) is 10.0 Å². The van der Waals surface area contributed by atoms with Gasteiger partial charge in [-0.1, -0.05) is 12.5 Å². The van der Waals surface area contributed by atoms with E-state index in [2.05, 4.69) is 25.5 Å². The number of anilines is 1. The van der Waals surface area contributed by atoms with E-state index in [9.17, 15) is 8.42 Å². The van der Waals surface area contributed by atoms with E-state index in [1.165, 1.54) is 6.20 Å². The maximum atomic E-state index is 12.6. The quantitative estimate of drug-likeness (QED) is 0.655. The summed E-state index contributed by atoms with van der Waals surface area (Å²) in [6.45, 7) is 1.59. The lowest BCUT2D eigenvalue weighted by molar-refractivity contribution is 0.346. The summed E-state index contributed by atoms with van der Waals surface area (Å²) in [5, 5.41) is 12.2. The Labute approximate surface area is 161 Å². The van der Waals surface area contributed by atoms with Crippen LogP contribution in [-0.4, -0.2) is 46.0 Å². The SMILES string of the molecule is O=S(=O)(c1ccc(NCc2nc(-c3cccs3)n[nH]2)nc1)N1CCCCC1. The molecule has 0 radical (unpaired) electrons. The molecule has 27 heavy (non-hydrogen) atoms. The number of nitrogens with zero attached hydrogens (tertiary/aromatic N) is 4. The molecule has 3 aromatic rings. The standard InChI is InChI=1S/C17H20N6O2S2/c24-27(25,23-8-2-1-3-9-23)13-6-7-15(18-11-13)19-12-16-20-17(22-21-16)14-5-4-10-26-14/h4-7,10-11H,1-3,8-9,12H2,(H,18,19)(H,20,21,22). The second-order valence-electron chi connectivity index (χ2n) is 6.28. The molecule has 8 nitrogen and oxygen atoms in total. The van der Waals surface area contributed by atoms with Crippen LogP contribution in [0.1, 0.15) is 25.1 Å². The molecule has 0 atom stereocenters. The largest absolute Gasteiger partial charge is 0.363 e. The molecule has 4 rings (SSSR count). The number of rotatable bonds is 6. The summed E-state index contributed by atoms with van der Waals surface area (Å²) in [6, 6.07) is 7.19. The molecule has 1 aliphatic heterocycles. The number of pyridine rings is 1. The minimum absolute atomic E-state index is 0.231. The summed E-state index contributed by atoms with van der Waals surface area (Å²) in [7, 11) is -3.45. The highest BCUT2D eigenvalue weighted by Gasteiger charge is 2.26. The summed E-state index contributed by atoms with van der Waals surface area (Å²) in [5.74, 6) is 1.93. The van der Waals surface area contributed by atoms with Crippen LogP contribution >= 0.6 is 11.3 Å². The number of hydrogen-bond donors (Lipinski definition) is 2. The van der Waals surface area contributed by atoms with Gasteiger partial charge in [0.05, 0.1) is 11.4 Å². The highest BCUT2D eigenvalue weighted by atomic mass is 32.2. The molecule has 142 valence electrons. The van der Waals surface area contributed by atoms with E-state index in [0.717, 1.165) is 24.1 Å². The van der Waals surface area contributed by atoms with E-state index in [1.54, 1.807) is 27.8 Å². The van der Waals surface area contributed by atoms with Crippen LogP contribution in [0.5, 0.6) is 0 Å². The summed E-state index contributed by atoms with van der Waals surface area (Å²) < 4.78 is 26.8. The van der Waals surface area contributed by atoms with Gasteiger partial charge in [0.1, 0.15) is 16.5 Å². The fourth-order valence-electron chi connectivity index (χ4n) is 2.96. The smallest absolute Gasteiger partial charge is 0.244 e. The molecule has 0 saturated carbocycles. The van der Waals surface area contributed by atoms with Crippen LogP contribution in [0.4, 0.5) is 5.82 Å². The van der Waals surface area contributed by atoms with Gasteiger partial charge < -0.3 is 5.32 Å². The maximum Gasteiger partial charge on any atom is 0.244 e. The van der Waals surface area contributed by atoms with Crippen LogP contribution in [0.2, 0.25) is 0 Å². The van der Waals surface area contributed by atoms with Crippen molar-refractivity contribution in [2.75, 3.05) is 18.4 Å². The molecule has 1 aliphatic rings. The minimum Gasteiger partial charge on any atom is -0.363 e. The molecule has 1 saturated heterocycles. The molecule has 4 heterocycles. The van der Waals surface area contributed by atoms with E-state index >= 15 is 0 Å². The van der Waals surface area contributed by atoms with E-state index in [0.29, 0.717) is 37.1 Å².